The van der Waals surface area contributed by atoms with Crippen LogP contribution in [-0.2, 0) is 14.2 Å². The minimum Gasteiger partial charge on any atom is -0.462 e. The van der Waals surface area contributed by atoms with Gasteiger partial charge in [0.2, 0.25) is 0 Å². The molecule has 15 heteroatoms. The van der Waals surface area contributed by atoms with Gasteiger partial charge in [-0.25, -0.2) is 14.0 Å². The van der Waals surface area contributed by atoms with E-state index in [-0.39, 0.29) is 54.2 Å². The highest BCUT2D eigenvalue weighted by atomic mass is 35.5. The van der Waals surface area contributed by atoms with Crippen LogP contribution in [0.4, 0.5) is 19.8 Å². The monoisotopic (exact) mass is 749 g/mol. The molecule has 0 aliphatic carbocycles. The number of halogens is 2. The quantitative estimate of drug-likeness (QED) is 0.201. The zero-order valence-corrected chi connectivity index (χ0v) is 31.4. The highest BCUT2D eigenvalue weighted by Crippen LogP contribution is 2.39. The molecule has 4 aromatic rings. The van der Waals surface area contributed by atoms with E-state index in [0.717, 1.165) is 18.2 Å². The molecular weight excluding hydrogens is 705 g/mol. The van der Waals surface area contributed by atoms with Gasteiger partial charge in [-0.3, -0.25) is 14.8 Å². The van der Waals surface area contributed by atoms with Crippen LogP contribution < -0.4 is 15.0 Å². The molecule has 282 valence electrons. The van der Waals surface area contributed by atoms with Gasteiger partial charge in [0, 0.05) is 67.9 Å². The summed E-state index contributed by atoms with van der Waals surface area (Å²) in [5, 5.41) is 5.15. The van der Waals surface area contributed by atoms with E-state index < -0.39 is 17.5 Å². The fourth-order valence-corrected chi connectivity index (χ4v) is 7.91. The Kier molecular flexibility index (Phi) is 10.5. The first-order valence-corrected chi connectivity index (χ1v) is 18.3. The van der Waals surface area contributed by atoms with Crippen molar-refractivity contribution in [2.24, 2.45) is 0 Å². The topological polar surface area (TPSA) is 131 Å². The molecule has 3 fully saturated rings. The van der Waals surface area contributed by atoms with Crippen LogP contribution in [0.2, 0.25) is 5.02 Å². The Morgan fingerprint density at radius 2 is 1.79 bits per heavy atom. The maximum Gasteiger partial charge on any atom is 0.410 e. The zero-order valence-electron chi connectivity index (χ0n) is 30.6. The molecule has 7 rings (SSSR count). The number of hydrogen-bond donors (Lipinski definition) is 1. The average Bonchev–Trinajstić information content (AvgIpc) is 3.60. The number of likely N-dealkylation sites (tertiary alicyclic amines) is 1. The maximum atomic E-state index is 16.9. The number of carbonyl (C=O) groups is 2. The van der Waals surface area contributed by atoms with Crippen molar-refractivity contribution in [3.63, 3.8) is 0 Å². The third-order valence-corrected chi connectivity index (χ3v) is 10.4. The van der Waals surface area contributed by atoms with Gasteiger partial charge in [0.25, 0.3) is 0 Å². The first-order chi connectivity index (χ1) is 25.4. The van der Waals surface area contributed by atoms with Crippen LogP contribution in [0.15, 0.2) is 42.6 Å². The molecule has 2 bridgehead atoms. The number of fused-ring (bicyclic) bond motifs is 4. The highest BCUT2D eigenvalue weighted by Gasteiger charge is 2.45. The van der Waals surface area contributed by atoms with Crippen molar-refractivity contribution in [1.82, 2.24) is 30.1 Å². The van der Waals surface area contributed by atoms with Crippen LogP contribution in [0, 0.1) is 5.82 Å². The number of nitrogens with one attached hydrogen (secondary N) is 1. The molecule has 53 heavy (non-hydrogen) atoms. The number of benzene rings is 2. The summed E-state index contributed by atoms with van der Waals surface area (Å²) in [7, 11) is 3.49. The summed E-state index contributed by atoms with van der Waals surface area (Å²) in [5.74, 6) is -0.141. The van der Waals surface area contributed by atoms with Gasteiger partial charge in [-0.05, 0) is 52.1 Å². The predicted octanol–water partition coefficient (Wildman–Crippen LogP) is 6.05. The molecular formula is C38H45ClFN7O6. The normalized spacial score (nSPS) is 21.7. The lowest BCUT2D eigenvalue weighted by atomic mass is 10.0. The van der Waals surface area contributed by atoms with Gasteiger partial charge >= 0.3 is 18.2 Å². The van der Waals surface area contributed by atoms with Crippen LogP contribution in [0.3, 0.4) is 0 Å². The van der Waals surface area contributed by atoms with Crippen molar-refractivity contribution in [1.29, 1.82) is 0 Å². The Morgan fingerprint density at radius 3 is 2.51 bits per heavy atom. The van der Waals surface area contributed by atoms with Crippen molar-refractivity contribution in [2.45, 2.75) is 69.9 Å². The molecule has 0 radical (unpaired) electrons. The highest BCUT2D eigenvalue weighted by molar-refractivity contribution is 6.36. The number of alkyl carbamates (subject to hydrolysis) is 1. The third-order valence-electron chi connectivity index (χ3n) is 10.0. The molecule has 0 saturated carbocycles. The van der Waals surface area contributed by atoms with Gasteiger partial charge < -0.3 is 29.2 Å². The zero-order chi connectivity index (χ0) is 37.4. The van der Waals surface area contributed by atoms with Crippen molar-refractivity contribution in [3.05, 3.63) is 53.4 Å². The number of pyridine rings is 1. The number of piperazine rings is 1. The molecule has 4 atom stereocenters. The SMILES string of the molecule is COCCNC(=O)O[C@@H]1C[C@@H](COc2nc(N3CC4CCC(C3)N4C(=O)OC(C)(C)C)c3cnc(-c4cccc5cccc(Cl)c45)c(F)c3n2)N(C)C1. The second-order valence-corrected chi connectivity index (χ2v) is 15.3. The van der Waals surface area contributed by atoms with Crippen LogP contribution in [-0.4, -0.2) is 120 Å². The van der Waals surface area contributed by atoms with E-state index in [1.165, 1.54) is 0 Å². The Morgan fingerprint density at radius 1 is 1.06 bits per heavy atom. The molecule has 3 saturated heterocycles. The molecule has 2 unspecified atom stereocenters. The summed E-state index contributed by atoms with van der Waals surface area (Å²) in [5.41, 5.74) is 0.105. The summed E-state index contributed by atoms with van der Waals surface area (Å²) in [4.78, 5) is 45.6. The lowest BCUT2D eigenvalue weighted by Gasteiger charge is -2.42. The number of nitrogens with zero attached hydrogens (tertiary/aromatic N) is 6. The van der Waals surface area contributed by atoms with E-state index >= 15 is 4.39 Å². The molecule has 2 amide bonds. The van der Waals surface area contributed by atoms with E-state index in [1.807, 2.05) is 57.0 Å². The summed E-state index contributed by atoms with van der Waals surface area (Å²) >= 11 is 6.64. The van der Waals surface area contributed by atoms with Crippen LogP contribution in [0.5, 0.6) is 6.01 Å². The van der Waals surface area contributed by atoms with Gasteiger partial charge in [0.05, 0.1) is 24.1 Å². The molecule has 2 aromatic carbocycles. The molecule has 5 heterocycles. The third kappa shape index (κ3) is 7.76. The van der Waals surface area contributed by atoms with Crippen molar-refractivity contribution < 1.29 is 32.9 Å². The largest absolute Gasteiger partial charge is 0.462 e. The van der Waals surface area contributed by atoms with Crippen LogP contribution in [0.25, 0.3) is 32.9 Å². The summed E-state index contributed by atoms with van der Waals surface area (Å²) in [6.07, 6.45) is 2.60. The lowest BCUT2D eigenvalue weighted by molar-refractivity contribution is 0.0122. The molecule has 1 N–H and O–H groups in total. The van der Waals surface area contributed by atoms with E-state index in [0.29, 0.717) is 66.4 Å². The fourth-order valence-electron chi connectivity index (χ4n) is 7.62. The number of aromatic nitrogens is 3. The van der Waals surface area contributed by atoms with Gasteiger partial charge in [0.1, 0.15) is 35.3 Å². The van der Waals surface area contributed by atoms with Crippen molar-refractivity contribution in [2.75, 3.05) is 58.5 Å². The smallest absolute Gasteiger partial charge is 0.410 e. The first kappa shape index (κ1) is 36.8. The van der Waals surface area contributed by atoms with Crippen molar-refractivity contribution in [3.8, 4) is 17.3 Å². The van der Waals surface area contributed by atoms with E-state index in [2.05, 4.69) is 25.1 Å². The minimum absolute atomic E-state index is 0.0106. The van der Waals surface area contributed by atoms with Crippen LogP contribution >= 0.6 is 11.6 Å². The number of anilines is 1. The molecule has 13 nitrogen and oxygen atoms in total. The van der Waals surface area contributed by atoms with E-state index in [4.69, 9.17) is 35.5 Å². The molecule has 0 spiro atoms. The first-order valence-electron chi connectivity index (χ1n) is 18.0. The van der Waals surface area contributed by atoms with Crippen LogP contribution in [0.1, 0.15) is 40.0 Å². The second kappa shape index (κ2) is 15.1. The standard InChI is InChI=1S/C38H45ClFN7O6/c1-38(2,3)53-37(49)47-23-12-13-24(47)19-46(18-23)34-28-17-42-32(27-10-6-8-22-9-7-11-29(39)30(22)27)31(40)33(28)43-35(44-34)51-21-25-16-26(20-45(25)4)52-36(48)41-14-15-50-5/h6-11,17,23-26H,12-16,18-21H2,1-5H3,(H,41,48)/t23?,24?,25-,26+/m0/s1. The molecule has 3 aliphatic heterocycles. The van der Waals surface area contributed by atoms with Gasteiger partial charge in [-0.1, -0.05) is 41.9 Å². The molecule has 2 aromatic heterocycles. The average molecular weight is 750 g/mol. The maximum absolute atomic E-state index is 16.9. The second-order valence-electron chi connectivity index (χ2n) is 14.9. The van der Waals surface area contributed by atoms with Gasteiger partial charge in [-0.2, -0.15) is 9.97 Å². The lowest BCUT2D eigenvalue weighted by Crippen LogP contribution is -2.57. The Hall–Kier alpha value is -4.53. The summed E-state index contributed by atoms with van der Waals surface area (Å²) in [6.45, 7) is 7.97. The van der Waals surface area contributed by atoms with Crippen molar-refractivity contribution >= 4 is 51.3 Å². The fraction of sp³-hybridized carbons (Fsp3) is 0.500. The minimum atomic E-state index is -0.621. The molecule has 3 aliphatic rings. The Bertz CT molecular complexity index is 1990. The Labute approximate surface area is 312 Å². The number of amides is 2. The Balaban J connectivity index is 1.20. The predicted molar refractivity (Wildman–Crippen MR) is 199 cm³/mol. The van der Waals surface area contributed by atoms with Gasteiger partial charge in [-0.15, -0.1) is 0 Å². The number of hydrogen-bond acceptors (Lipinski definition) is 11. The summed E-state index contributed by atoms with van der Waals surface area (Å²) in [6, 6.07) is 10.8. The summed E-state index contributed by atoms with van der Waals surface area (Å²) < 4.78 is 39.5. The van der Waals surface area contributed by atoms with E-state index in [9.17, 15) is 9.59 Å². The number of methoxy groups -OCH3 is 1. The van der Waals surface area contributed by atoms with E-state index in [1.54, 1.807) is 25.4 Å². The number of rotatable bonds is 9. The number of carbonyl (C=O) groups excluding carboxylic acids is 2. The number of likely N-dealkylation sites (N-methyl/N-ethyl adjacent to an activating group) is 1. The number of ether oxygens (including phenoxy) is 4. The van der Waals surface area contributed by atoms with Gasteiger partial charge in [0.15, 0.2) is 5.82 Å².